The Balaban J connectivity index is 1.37. The van der Waals surface area contributed by atoms with Gasteiger partial charge in [0, 0.05) is 43.9 Å². The number of para-hydroxylation sites is 2. The lowest BCUT2D eigenvalue weighted by molar-refractivity contribution is 0.232. The topological polar surface area (TPSA) is 59.2 Å². The van der Waals surface area contributed by atoms with Crippen molar-refractivity contribution in [3.8, 4) is 0 Å². The van der Waals surface area contributed by atoms with Gasteiger partial charge in [-0.2, -0.15) is 0 Å². The Kier molecular flexibility index (Phi) is 4.87. The minimum atomic E-state index is 0.386. The minimum Gasteiger partial charge on any atom is -0.324 e. The van der Waals surface area contributed by atoms with Gasteiger partial charge in [-0.3, -0.25) is 9.89 Å². The van der Waals surface area contributed by atoms with Crippen LogP contribution in [0.5, 0.6) is 0 Å². The summed E-state index contributed by atoms with van der Waals surface area (Å²) in [6.07, 6.45) is 6.37. The first-order chi connectivity index (χ1) is 14.2. The van der Waals surface area contributed by atoms with Crippen LogP contribution in [0.15, 0.2) is 35.5 Å². The highest BCUT2D eigenvalue weighted by atomic mass is 15.2. The van der Waals surface area contributed by atoms with Gasteiger partial charge in [-0.15, -0.1) is 0 Å². The monoisotopic (exact) mass is 388 g/mol. The van der Waals surface area contributed by atoms with Gasteiger partial charge in [0.1, 0.15) is 5.82 Å². The smallest absolute Gasteiger partial charge is 0.173 e. The fourth-order valence-corrected chi connectivity index (χ4v) is 4.51. The van der Waals surface area contributed by atoms with Gasteiger partial charge in [-0.25, -0.2) is 15.0 Å². The van der Waals surface area contributed by atoms with Crippen molar-refractivity contribution in [2.75, 3.05) is 13.1 Å². The van der Waals surface area contributed by atoms with Crippen LogP contribution < -0.4 is 0 Å². The van der Waals surface area contributed by atoms with Crippen molar-refractivity contribution in [2.24, 2.45) is 4.99 Å². The van der Waals surface area contributed by atoms with Crippen molar-refractivity contribution in [3.63, 3.8) is 0 Å². The second kappa shape index (κ2) is 7.67. The second-order valence-electron chi connectivity index (χ2n) is 8.39. The lowest BCUT2D eigenvalue weighted by Gasteiger charge is -2.28. The molecule has 0 radical (unpaired) electrons. The van der Waals surface area contributed by atoms with Crippen LogP contribution in [0, 0.1) is 0 Å². The van der Waals surface area contributed by atoms with Crippen molar-refractivity contribution in [1.29, 1.82) is 0 Å². The first kappa shape index (κ1) is 18.4. The molecule has 150 valence electrons. The summed E-state index contributed by atoms with van der Waals surface area (Å²) in [5.41, 5.74) is 5.82. The second-order valence-corrected chi connectivity index (χ2v) is 8.39. The lowest BCUT2D eigenvalue weighted by atomic mass is 10.1. The summed E-state index contributed by atoms with van der Waals surface area (Å²) in [6, 6.07) is 8.81. The van der Waals surface area contributed by atoms with Crippen LogP contribution >= 0.6 is 0 Å². The molecular formula is C23H28N6. The third-order valence-corrected chi connectivity index (χ3v) is 5.95. The molecule has 0 atom stereocenters. The molecule has 1 aromatic carbocycles. The van der Waals surface area contributed by atoms with Crippen LogP contribution in [0.3, 0.4) is 0 Å². The molecule has 0 aliphatic carbocycles. The summed E-state index contributed by atoms with van der Waals surface area (Å²) in [5.74, 6) is 1.98. The number of hydrogen-bond donors (Lipinski definition) is 0. The number of rotatable bonds is 4. The molecule has 2 aliphatic rings. The van der Waals surface area contributed by atoms with Gasteiger partial charge < -0.3 is 4.57 Å². The highest BCUT2D eigenvalue weighted by molar-refractivity contribution is 5.97. The summed E-state index contributed by atoms with van der Waals surface area (Å²) in [4.78, 5) is 21.5. The molecule has 0 fully saturated rings. The first-order valence-electron chi connectivity index (χ1n) is 10.8. The van der Waals surface area contributed by atoms with Crippen LogP contribution in [0.2, 0.25) is 0 Å². The molecule has 0 spiro atoms. The third kappa shape index (κ3) is 3.57. The Morgan fingerprint density at radius 1 is 1.07 bits per heavy atom. The van der Waals surface area contributed by atoms with Gasteiger partial charge >= 0.3 is 0 Å². The molecule has 2 aliphatic heterocycles. The van der Waals surface area contributed by atoms with E-state index in [1.807, 2.05) is 6.20 Å². The van der Waals surface area contributed by atoms with E-state index < -0.39 is 0 Å². The fourth-order valence-electron chi connectivity index (χ4n) is 4.51. The maximum absolute atomic E-state index is 4.93. The zero-order valence-electron chi connectivity index (χ0n) is 17.3. The van der Waals surface area contributed by atoms with E-state index in [9.17, 15) is 0 Å². The largest absolute Gasteiger partial charge is 0.324 e. The maximum atomic E-state index is 4.93. The average molecular weight is 389 g/mol. The molecule has 4 heterocycles. The quantitative estimate of drug-likeness (QED) is 0.679. The number of aromatic nitrogens is 4. The van der Waals surface area contributed by atoms with Gasteiger partial charge in [0.25, 0.3) is 0 Å². The molecule has 6 heteroatoms. The van der Waals surface area contributed by atoms with Crippen molar-refractivity contribution in [2.45, 2.75) is 58.7 Å². The molecule has 0 unspecified atom stereocenters. The number of hydrogen-bond acceptors (Lipinski definition) is 5. The van der Waals surface area contributed by atoms with Gasteiger partial charge in [0.15, 0.2) is 5.82 Å². The van der Waals surface area contributed by atoms with E-state index in [0.717, 1.165) is 61.9 Å². The van der Waals surface area contributed by atoms with Gasteiger partial charge in [0.2, 0.25) is 0 Å². The Hall–Kier alpha value is -2.60. The van der Waals surface area contributed by atoms with Crippen LogP contribution in [-0.2, 0) is 19.5 Å². The molecule has 0 saturated carbocycles. The van der Waals surface area contributed by atoms with E-state index in [0.29, 0.717) is 6.04 Å². The van der Waals surface area contributed by atoms with Crippen LogP contribution in [0.1, 0.15) is 62.1 Å². The van der Waals surface area contributed by atoms with Crippen molar-refractivity contribution >= 4 is 16.7 Å². The molecule has 29 heavy (non-hydrogen) atoms. The van der Waals surface area contributed by atoms with Gasteiger partial charge in [-0.1, -0.05) is 12.1 Å². The lowest BCUT2D eigenvalue weighted by Crippen LogP contribution is -2.32. The summed E-state index contributed by atoms with van der Waals surface area (Å²) in [6.45, 7) is 8.10. The molecule has 0 saturated heterocycles. The summed E-state index contributed by atoms with van der Waals surface area (Å²) in [7, 11) is 0. The van der Waals surface area contributed by atoms with E-state index in [1.54, 1.807) is 0 Å². The molecule has 3 aromatic rings. The van der Waals surface area contributed by atoms with Crippen LogP contribution in [-0.4, -0.2) is 43.2 Å². The number of nitrogens with zero attached hydrogens (tertiary/aromatic N) is 6. The SMILES string of the molecule is CC(C)n1c(CN2CCc3nc(C4=NCCCC4)ncc3C2)nc2ccccc21. The van der Waals surface area contributed by atoms with Crippen LogP contribution in [0.4, 0.5) is 0 Å². The van der Waals surface area contributed by atoms with Crippen LogP contribution in [0.25, 0.3) is 11.0 Å². The Morgan fingerprint density at radius 3 is 2.79 bits per heavy atom. The zero-order chi connectivity index (χ0) is 19.8. The number of imidazole rings is 1. The van der Waals surface area contributed by atoms with E-state index in [1.165, 1.54) is 29.6 Å². The number of aliphatic imine (C=N–C) groups is 1. The standard InChI is InChI=1S/C23H28N6/c1-16(2)29-21-9-4-3-7-19(21)26-22(29)15-28-12-10-18-17(14-28)13-25-23(27-18)20-8-5-6-11-24-20/h3-4,7,9,13,16H,5-6,8,10-12,14-15H2,1-2H3. The Labute approximate surface area is 171 Å². The van der Waals surface area contributed by atoms with E-state index in [2.05, 4.69) is 57.6 Å². The van der Waals surface area contributed by atoms with Gasteiger partial charge in [0.05, 0.1) is 29.0 Å². The normalized spacial score (nSPS) is 17.6. The highest BCUT2D eigenvalue weighted by Gasteiger charge is 2.22. The Bertz CT molecular complexity index is 1060. The molecule has 0 bridgehead atoms. The Morgan fingerprint density at radius 2 is 1.97 bits per heavy atom. The van der Waals surface area contributed by atoms with Crippen molar-refractivity contribution < 1.29 is 0 Å². The molecular weight excluding hydrogens is 360 g/mol. The summed E-state index contributed by atoms with van der Waals surface area (Å²) >= 11 is 0. The molecule has 5 rings (SSSR count). The van der Waals surface area contributed by atoms with Gasteiger partial charge in [-0.05, 0) is 45.2 Å². The average Bonchev–Trinajstić information content (AvgIpc) is 3.12. The predicted molar refractivity (Wildman–Crippen MR) is 115 cm³/mol. The van der Waals surface area contributed by atoms with Crippen molar-refractivity contribution in [1.82, 2.24) is 24.4 Å². The first-order valence-corrected chi connectivity index (χ1v) is 10.8. The molecule has 0 N–H and O–H groups in total. The maximum Gasteiger partial charge on any atom is 0.173 e. The molecule has 0 amide bonds. The number of benzene rings is 1. The highest BCUT2D eigenvalue weighted by Crippen LogP contribution is 2.24. The van der Waals surface area contributed by atoms with E-state index >= 15 is 0 Å². The number of fused-ring (bicyclic) bond motifs is 2. The fraction of sp³-hybridized carbons (Fsp3) is 0.478. The minimum absolute atomic E-state index is 0.386. The summed E-state index contributed by atoms with van der Waals surface area (Å²) < 4.78 is 2.37. The van der Waals surface area contributed by atoms with E-state index in [4.69, 9.17) is 9.97 Å². The van der Waals surface area contributed by atoms with E-state index in [-0.39, 0.29) is 0 Å². The zero-order valence-corrected chi connectivity index (χ0v) is 17.3. The van der Waals surface area contributed by atoms with Crippen molar-refractivity contribution in [3.05, 3.63) is 53.4 Å². The third-order valence-electron chi connectivity index (χ3n) is 5.95. The summed E-state index contributed by atoms with van der Waals surface area (Å²) in [5, 5.41) is 0. The molecule has 6 nitrogen and oxygen atoms in total. The molecule has 2 aromatic heterocycles. The predicted octanol–water partition coefficient (Wildman–Crippen LogP) is 3.94.